The van der Waals surface area contributed by atoms with Gasteiger partial charge in [0.15, 0.2) is 0 Å². The number of hydrogen-bond acceptors (Lipinski definition) is 3. The Bertz CT molecular complexity index is 971. The van der Waals surface area contributed by atoms with E-state index in [0.29, 0.717) is 6.07 Å². The maximum Gasteiger partial charge on any atom is 0.248 e. The molecule has 10 heteroatoms. The number of nitrogens with zero attached hydrogens (tertiary/aromatic N) is 1. The molecule has 0 aliphatic rings. The SMILES string of the molecule is CC[C@H](C(=O)Nc1ccc(F)cc1F)N(c1cc(Cl)ccc1Cl)S(C)(=O)=O. The van der Waals surface area contributed by atoms with Gasteiger partial charge in [-0.15, -0.1) is 0 Å². The molecule has 1 atom stereocenters. The summed E-state index contributed by atoms with van der Waals surface area (Å²) in [5, 5.41) is 2.58. The summed E-state index contributed by atoms with van der Waals surface area (Å²) in [5.41, 5.74) is -0.251. The molecule has 0 bridgehead atoms. The Hall–Kier alpha value is -1.90. The molecule has 1 amide bonds. The molecular weight excluding hydrogens is 421 g/mol. The zero-order chi connectivity index (χ0) is 20.4. The van der Waals surface area contributed by atoms with Crippen molar-refractivity contribution in [2.45, 2.75) is 19.4 Å². The number of anilines is 2. The summed E-state index contributed by atoms with van der Waals surface area (Å²) < 4.78 is 52.5. The average molecular weight is 437 g/mol. The smallest absolute Gasteiger partial charge is 0.248 e. The van der Waals surface area contributed by atoms with Gasteiger partial charge in [-0.3, -0.25) is 9.10 Å². The Morgan fingerprint density at radius 3 is 2.41 bits per heavy atom. The standard InChI is InChI=1S/C17H16Cl2F2N2O3S/c1-3-15(17(24)22-14-7-5-11(20)9-13(14)21)23(27(2,25)26)16-8-10(18)4-6-12(16)19/h4-9,15H,3H2,1-2H3,(H,22,24)/t15-/m1/s1. The molecule has 2 aromatic carbocycles. The van der Waals surface area contributed by atoms with E-state index in [0.717, 1.165) is 22.7 Å². The van der Waals surface area contributed by atoms with E-state index in [2.05, 4.69) is 5.32 Å². The minimum absolute atomic E-state index is 0.0215. The van der Waals surface area contributed by atoms with Crippen LogP contribution in [0.4, 0.5) is 20.2 Å². The van der Waals surface area contributed by atoms with E-state index in [1.54, 1.807) is 6.92 Å². The number of nitrogens with one attached hydrogen (secondary N) is 1. The van der Waals surface area contributed by atoms with Crippen molar-refractivity contribution in [3.63, 3.8) is 0 Å². The first-order valence-electron chi connectivity index (χ1n) is 7.75. The van der Waals surface area contributed by atoms with Crippen molar-refractivity contribution in [2.75, 3.05) is 15.9 Å². The highest BCUT2D eigenvalue weighted by Gasteiger charge is 2.33. The summed E-state index contributed by atoms with van der Waals surface area (Å²) in [6, 6.07) is 5.59. The zero-order valence-electron chi connectivity index (χ0n) is 14.3. The summed E-state index contributed by atoms with van der Waals surface area (Å²) in [7, 11) is -3.95. The van der Waals surface area contributed by atoms with E-state index in [1.165, 1.54) is 18.2 Å². The van der Waals surface area contributed by atoms with Gasteiger partial charge in [0.25, 0.3) is 0 Å². The first-order valence-corrected chi connectivity index (χ1v) is 10.4. The molecule has 0 radical (unpaired) electrons. The quantitative estimate of drug-likeness (QED) is 0.726. The maximum absolute atomic E-state index is 13.8. The number of amides is 1. The molecule has 0 aliphatic carbocycles. The van der Waals surface area contributed by atoms with Gasteiger partial charge in [0.1, 0.15) is 17.7 Å². The Balaban J connectivity index is 2.46. The molecule has 0 fully saturated rings. The van der Waals surface area contributed by atoms with E-state index < -0.39 is 33.6 Å². The first-order chi connectivity index (χ1) is 12.5. The van der Waals surface area contributed by atoms with E-state index >= 15 is 0 Å². The monoisotopic (exact) mass is 436 g/mol. The van der Waals surface area contributed by atoms with Gasteiger partial charge in [0, 0.05) is 11.1 Å². The van der Waals surface area contributed by atoms with E-state index in [4.69, 9.17) is 23.2 Å². The second-order valence-corrected chi connectivity index (χ2v) is 8.40. The van der Waals surface area contributed by atoms with Crippen LogP contribution < -0.4 is 9.62 Å². The van der Waals surface area contributed by atoms with Crippen LogP contribution in [0, 0.1) is 11.6 Å². The number of carbonyl (C=O) groups is 1. The van der Waals surface area contributed by atoms with Gasteiger partial charge < -0.3 is 5.32 Å². The molecule has 2 rings (SSSR count). The van der Waals surface area contributed by atoms with Gasteiger partial charge in [-0.05, 0) is 36.8 Å². The molecule has 1 N–H and O–H groups in total. The highest BCUT2D eigenvalue weighted by Crippen LogP contribution is 2.33. The predicted molar refractivity (Wildman–Crippen MR) is 103 cm³/mol. The summed E-state index contributed by atoms with van der Waals surface area (Å²) in [5.74, 6) is -2.59. The van der Waals surface area contributed by atoms with Crippen LogP contribution in [0.1, 0.15) is 13.3 Å². The Labute approximate surface area is 165 Å². The van der Waals surface area contributed by atoms with Gasteiger partial charge in [0.05, 0.1) is 22.7 Å². The Morgan fingerprint density at radius 2 is 1.85 bits per heavy atom. The lowest BCUT2D eigenvalue weighted by molar-refractivity contribution is -0.117. The third kappa shape index (κ3) is 5.09. The van der Waals surface area contributed by atoms with Gasteiger partial charge >= 0.3 is 0 Å². The number of sulfonamides is 1. The number of rotatable bonds is 6. The number of carbonyl (C=O) groups excluding carboxylic acids is 1. The number of halogens is 4. The molecule has 146 valence electrons. The largest absolute Gasteiger partial charge is 0.322 e. The fourth-order valence-corrected chi connectivity index (χ4v) is 4.14. The third-order valence-corrected chi connectivity index (χ3v) is 5.38. The average Bonchev–Trinajstić information content (AvgIpc) is 2.56. The van der Waals surface area contributed by atoms with Crippen LogP contribution in [0.2, 0.25) is 10.0 Å². The van der Waals surface area contributed by atoms with E-state index in [1.807, 2.05) is 0 Å². The van der Waals surface area contributed by atoms with Crippen LogP contribution in [0.3, 0.4) is 0 Å². The topological polar surface area (TPSA) is 66.5 Å². The van der Waals surface area contributed by atoms with Gasteiger partial charge in [0.2, 0.25) is 15.9 Å². The number of benzene rings is 2. The molecule has 27 heavy (non-hydrogen) atoms. The van der Waals surface area contributed by atoms with Crippen molar-refractivity contribution in [2.24, 2.45) is 0 Å². The van der Waals surface area contributed by atoms with Gasteiger partial charge in [-0.1, -0.05) is 30.1 Å². The fraction of sp³-hybridized carbons (Fsp3) is 0.235. The van der Waals surface area contributed by atoms with E-state index in [-0.39, 0.29) is 27.8 Å². The van der Waals surface area contributed by atoms with Crippen LogP contribution >= 0.6 is 23.2 Å². The van der Waals surface area contributed by atoms with E-state index in [9.17, 15) is 22.0 Å². The van der Waals surface area contributed by atoms with Gasteiger partial charge in [-0.2, -0.15) is 0 Å². The van der Waals surface area contributed by atoms with Crippen molar-refractivity contribution in [3.8, 4) is 0 Å². The molecule has 0 spiro atoms. The summed E-state index contributed by atoms with van der Waals surface area (Å²) in [6.45, 7) is 1.59. The second kappa shape index (κ2) is 8.41. The van der Waals surface area contributed by atoms with Crippen LogP contribution in [-0.4, -0.2) is 26.6 Å². The highest BCUT2D eigenvalue weighted by molar-refractivity contribution is 7.92. The van der Waals surface area contributed by atoms with Crippen molar-refractivity contribution in [1.29, 1.82) is 0 Å². The molecule has 0 saturated carbocycles. The normalized spacial score (nSPS) is 12.5. The third-order valence-electron chi connectivity index (χ3n) is 3.66. The lowest BCUT2D eigenvalue weighted by Gasteiger charge is -2.30. The van der Waals surface area contributed by atoms with Crippen molar-refractivity contribution in [3.05, 3.63) is 58.1 Å². The highest BCUT2D eigenvalue weighted by atomic mass is 35.5. The molecule has 2 aromatic rings. The molecule has 0 heterocycles. The number of hydrogen-bond donors (Lipinski definition) is 1. The molecule has 0 aromatic heterocycles. The Morgan fingerprint density at radius 1 is 1.19 bits per heavy atom. The minimum Gasteiger partial charge on any atom is -0.322 e. The lowest BCUT2D eigenvalue weighted by Crippen LogP contribution is -2.47. The molecular formula is C17H16Cl2F2N2O3S. The fourth-order valence-electron chi connectivity index (χ4n) is 2.50. The second-order valence-electron chi connectivity index (χ2n) is 5.69. The van der Waals surface area contributed by atoms with Crippen molar-refractivity contribution < 1.29 is 22.0 Å². The molecule has 0 unspecified atom stereocenters. The molecule has 5 nitrogen and oxygen atoms in total. The lowest BCUT2D eigenvalue weighted by atomic mass is 10.1. The van der Waals surface area contributed by atoms with Crippen LogP contribution in [0.25, 0.3) is 0 Å². The van der Waals surface area contributed by atoms with Crippen LogP contribution in [0.5, 0.6) is 0 Å². The molecule has 0 saturated heterocycles. The zero-order valence-corrected chi connectivity index (χ0v) is 16.7. The predicted octanol–water partition coefficient (Wildman–Crippen LogP) is 4.45. The summed E-state index contributed by atoms with van der Waals surface area (Å²) in [4.78, 5) is 12.7. The maximum atomic E-state index is 13.8. The Kier molecular flexibility index (Phi) is 6.67. The summed E-state index contributed by atoms with van der Waals surface area (Å²) >= 11 is 12.0. The van der Waals surface area contributed by atoms with Crippen molar-refractivity contribution in [1.82, 2.24) is 0 Å². The minimum atomic E-state index is -3.95. The molecule has 0 aliphatic heterocycles. The van der Waals surface area contributed by atoms with Gasteiger partial charge in [-0.25, -0.2) is 17.2 Å². The van der Waals surface area contributed by atoms with Crippen molar-refractivity contribution >= 4 is 50.5 Å². The summed E-state index contributed by atoms with van der Waals surface area (Å²) in [6.07, 6.45) is 0.975. The van der Waals surface area contributed by atoms with Crippen LogP contribution in [-0.2, 0) is 14.8 Å². The first kappa shape index (κ1) is 21.4. The van der Waals surface area contributed by atoms with Crippen LogP contribution in [0.15, 0.2) is 36.4 Å².